The molecule has 7 nitrogen and oxygen atoms in total. The van der Waals surface area contributed by atoms with Crippen molar-refractivity contribution < 1.29 is 19.5 Å². The van der Waals surface area contributed by atoms with E-state index in [0.29, 0.717) is 0 Å². The van der Waals surface area contributed by atoms with Crippen molar-refractivity contribution >= 4 is 17.9 Å². The van der Waals surface area contributed by atoms with Gasteiger partial charge in [-0.25, -0.2) is 4.79 Å². The Bertz CT molecular complexity index is 302. The van der Waals surface area contributed by atoms with Crippen LogP contribution in [0, 0.1) is 0 Å². The molecule has 84 valence electrons. The number of hydrogen-bond donors (Lipinski definition) is 2. The molecule has 0 aromatic rings. The van der Waals surface area contributed by atoms with Gasteiger partial charge >= 0.3 is 12.0 Å². The van der Waals surface area contributed by atoms with E-state index in [-0.39, 0.29) is 19.0 Å². The summed E-state index contributed by atoms with van der Waals surface area (Å²) in [4.78, 5) is 35.5. The number of urea groups is 1. The van der Waals surface area contributed by atoms with E-state index < -0.39 is 18.0 Å². The van der Waals surface area contributed by atoms with Crippen molar-refractivity contribution in [3.63, 3.8) is 0 Å². The third-order valence-electron chi connectivity index (χ3n) is 2.05. The summed E-state index contributed by atoms with van der Waals surface area (Å²) in [7, 11) is 3.16. The fourth-order valence-electron chi connectivity index (χ4n) is 1.34. The van der Waals surface area contributed by atoms with Gasteiger partial charge < -0.3 is 20.2 Å². The first-order valence-electron chi connectivity index (χ1n) is 4.40. The molecule has 1 heterocycles. The monoisotopic (exact) mass is 215 g/mol. The zero-order chi connectivity index (χ0) is 11.6. The van der Waals surface area contributed by atoms with Crippen molar-refractivity contribution in [1.29, 1.82) is 0 Å². The molecule has 0 radical (unpaired) electrons. The maximum Gasteiger partial charge on any atom is 0.323 e. The van der Waals surface area contributed by atoms with E-state index in [2.05, 4.69) is 5.32 Å². The lowest BCUT2D eigenvalue weighted by Crippen LogP contribution is -2.42. The van der Waals surface area contributed by atoms with Gasteiger partial charge in [-0.1, -0.05) is 0 Å². The number of hydrogen-bond acceptors (Lipinski definition) is 3. The van der Waals surface area contributed by atoms with Gasteiger partial charge in [-0.2, -0.15) is 0 Å². The molecule has 2 N–H and O–H groups in total. The van der Waals surface area contributed by atoms with Crippen LogP contribution in [-0.2, 0) is 9.59 Å². The van der Waals surface area contributed by atoms with Gasteiger partial charge in [-0.05, 0) is 0 Å². The molecule has 1 aliphatic rings. The highest BCUT2D eigenvalue weighted by molar-refractivity contribution is 5.91. The summed E-state index contributed by atoms with van der Waals surface area (Å²) in [6.45, 7) is -0.287. The number of nitrogens with one attached hydrogen (secondary N) is 1. The quantitative estimate of drug-likeness (QED) is 0.603. The molecule has 0 bridgehead atoms. The van der Waals surface area contributed by atoms with Gasteiger partial charge in [-0.3, -0.25) is 9.59 Å². The molecule has 0 aromatic heterocycles. The number of nitrogens with zero attached hydrogens (tertiary/aromatic N) is 2. The molecule has 0 saturated carbocycles. The summed E-state index contributed by atoms with van der Waals surface area (Å²) in [5.74, 6) is -1.33. The maximum atomic E-state index is 11.5. The van der Waals surface area contributed by atoms with Crippen LogP contribution in [0.4, 0.5) is 4.79 Å². The molecule has 1 atom stereocenters. The predicted octanol–water partition coefficient (Wildman–Crippen LogP) is -1.45. The fourth-order valence-corrected chi connectivity index (χ4v) is 1.34. The zero-order valence-corrected chi connectivity index (χ0v) is 8.56. The largest absolute Gasteiger partial charge is 0.480 e. The third kappa shape index (κ3) is 2.58. The lowest BCUT2D eigenvalue weighted by molar-refractivity contribution is -0.138. The van der Waals surface area contributed by atoms with Gasteiger partial charge in [0.15, 0.2) is 0 Å². The molecular weight excluding hydrogens is 202 g/mol. The van der Waals surface area contributed by atoms with Crippen molar-refractivity contribution in [3.05, 3.63) is 0 Å². The number of rotatable bonds is 3. The molecule has 0 unspecified atom stereocenters. The number of carbonyl (C=O) groups is 3. The van der Waals surface area contributed by atoms with Gasteiger partial charge in [0.05, 0.1) is 6.54 Å². The van der Waals surface area contributed by atoms with Crippen LogP contribution in [0.25, 0.3) is 0 Å². The second-order valence-electron chi connectivity index (χ2n) is 3.51. The van der Waals surface area contributed by atoms with Gasteiger partial charge in [0.2, 0.25) is 5.91 Å². The standard InChI is InChI=1S/C8H13N3O4/c1-10(2)7(14)5-3-11(4-6(12)13)8(15)9-5/h5H,3-4H2,1-2H3,(H,9,15)(H,12,13)/t5-/m0/s1. The smallest absolute Gasteiger partial charge is 0.323 e. The van der Waals surface area contributed by atoms with E-state index in [4.69, 9.17) is 5.11 Å². The molecule has 1 aliphatic heterocycles. The third-order valence-corrected chi connectivity index (χ3v) is 2.05. The van der Waals surface area contributed by atoms with Crippen LogP contribution in [0.2, 0.25) is 0 Å². The molecule has 1 rings (SSSR count). The molecule has 3 amide bonds. The summed E-state index contributed by atoms with van der Waals surface area (Å²) in [5, 5.41) is 10.9. The predicted molar refractivity (Wildman–Crippen MR) is 50.2 cm³/mol. The number of carbonyl (C=O) groups excluding carboxylic acids is 2. The lowest BCUT2D eigenvalue weighted by Gasteiger charge is -2.15. The Hall–Kier alpha value is -1.79. The SMILES string of the molecule is CN(C)C(=O)[C@@H]1CN(CC(=O)O)C(=O)N1. The molecule has 0 aromatic carbocycles. The number of aliphatic carboxylic acids is 1. The number of likely N-dealkylation sites (N-methyl/N-ethyl adjacent to an activating group) is 1. The van der Waals surface area contributed by atoms with Crippen LogP contribution in [0.1, 0.15) is 0 Å². The van der Waals surface area contributed by atoms with E-state index in [1.54, 1.807) is 14.1 Å². The lowest BCUT2D eigenvalue weighted by atomic mass is 10.3. The van der Waals surface area contributed by atoms with Gasteiger partial charge in [0.1, 0.15) is 12.6 Å². The van der Waals surface area contributed by atoms with E-state index in [1.807, 2.05) is 0 Å². The Morgan fingerprint density at radius 3 is 2.67 bits per heavy atom. The van der Waals surface area contributed by atoms with Crippen LogP contribution in [0.5, 0.6) is 0 Å². The Balaban J connectivity index is 2.59. The van der Waals surface area contributed by atoms with E-state index >= 15 is 0 Å². The van der Waals surface area contributed by atoms with Crippen molar-refractivity contribution in [2.45, 2.75) is 6.04 Å². The highest BCUT2D eigenvalue weighted by Crippen LogP contribution is 2.05. The van der Waals surface area contributed by atoms with Crippen LogP contribution in [0.3, 0.4) is 0 Å². The minimum absolute atomic E-state index is 0.0994. The molecule has 0 aliphatic carbocycles. The van der Waals surface area contributed by atoms with Gasteiger partial charge in [0, 0.05) is 14.1 Å². The van der Waals surface area contributed by atoms with Gasteiger partial charge in [-0.15, -0.1) is 0 Å². The molecular formula is C8H13N3O4. The number of amides is 3. The molecule has 1 saturated heterocycles. The van der Waals surface area contributed by atoms with Gasteiger partial charge in [0.25, 0.3) is 0 Å². The summed E-state index contributed by atoms with van der Waals surface area (Å²) in [6.07, 6.45) is 0. The molecule has 0 spiro atoms. The minimum Gasteiger partial charge on any atom is -0.480 e. The zero-order valence-electron chi connectivity index (χ0n) is 8.56. The van der Waals surface area contributed by atoms with Crippen molar-refractivity contribution in [3.8, 4) is 0 Å². The first kappa shape index (κ1) is 11.3. The van der Waals surface area contributed by atoms with Crippen molar-refractivity contribution in [2.75, 3.05) is 27.2 Å². The van der Waals surface area contributed by atoms with Crippen LogP contribution in [-0.4, -0.2) is 66.0 Å². The Kier molecular flexibility index (Phi) is 3.13. The Morgan fingerprint density at radius 1 is 1.60 bits per heavy atom. The molecule has 15 heavy (non-hydrogen) atoms. The van der Waals surface area contributed by atoms with E-state index in [0.717, 1.165) is 4.90 Å². The van der Waals surface area contributed by atoms with Crippen molar-refractivity contribution in [1.82, 2.24) is 15.1 Å². The summed E-state index contributed by atoms with van der Waals surface area (Å²) in [6, 6.07) is -1.16. The summed E-state index contributed by atoms with van der Waals surface area (Å²) in [5.41, 5.74) is 0. The minimum atomic E-state index is -1.09. The average molecular weight is 215 g/mol. The summed E-state index contributed by atoms with van der Waals surface area (Å²) < 4.78 is 0. The highest BCUT2D eigenvalue weighted by Gasteiger charge is 2.34. The van der Waals surface area contributed by atoms with E-state index in [1.165, 1.54) is 4.90 Å². The highest BCUT2D eigenvalue weighted by atomic mass is 16.4. The summed E-state index contributed by atoms with van der Waals surface area (Å²) >= 11 is 0. The Labute approximate surface area is 86.6 Å². The second-order valence-corrected chi connectivity index (χ2v) is 3.51. The first-order valence-corrected chi connectivity index (χ1v) is 4.40. The topological polar surface area (TPSA) is 90.0 Å². The first-order chi connectivity index (χ1) is 6.91. The molecule has 7 heteroatoms. The Morgan fingerprint density at radius 2 is 2.20 bits per heavy atom. The fraction of sp³-hybridized carbons (Fsp3) is 0.625. The van der Waals surface area contributed by atoms with Crippen LogP contribution in [0.15, 0.2) is 0 Å². The second kappa shape index (κ2) is 4.16. The average Bonchev–Trinajstić information content (AvgIpc) is 2.45. The normalized spacial score (nSPS) is 20.0. The maximum absolute atomic E-state index is 11.5. The van der Waals surface area contributed by atoms with E-state index in [9.17, 15) is 14.4 Å². The van der Waals surface area contributed by atoms with Crippen LogP contribution < -0.4 is 5.32 Å². The number of carboxylic acid groups (broad SMARTS) is 1. The van der Waals surface area contributed by atoms with Crippen molar-refractivity contribution in [2.24, 2.45) is 0 Å². The van der Waals surface area contributed by atoms with Crippen LogP contribution >= 0.6 is 0 Å². The number of carboxylic acids is 1. The molecule has 1 fully saturated rings.